The highest BCUT2D eigenvalue weighted by molar-refractivity contribution is 5.92. The molecule has 3 atom stereocenters. The number of nitrogens with one attached hydrogen (secondary N) is 3. The van der Waals surface area contributed by atoms with Gasteiger partial charge in [-0.15, -0.1) is 0 Å². The molecule has 3 amide bonds. The summed E-state index contributed by atoms with van der Waals surface area (Å²) < 4.78 is 0. The molecule has 0 radical (unpaired) electrons. The number of hydrogen-bond acceptors (Lipinski definition) is 7. The van der Waals surface area contributed by atoms with Crippen LogP contribution in [-0.4, -0.2) is 77.7 Å². The van der Waals surface area contributed by atoms with E-state index in [1.165, 1.54) is 0 Å². The Morgan fingerprint density at radius 3 is 2.17 bits per heavy atom. The molecule has 0 aromatic heterocycles. The molecule has 0 heterocycles. The number of amides is 3. The highest BCUT2D eigenvalue weighted by Crippen LogP contribution is 2.01. The second-order valence-corrected chi connectivity index (χ2v) is 6.64. The summed E-state index contributed by atoms with van der Waals surface area (Å²) >= 11 is 0. The second kappa shape index (κ2) is 13.3. The van der Waals surface area contributed by atoms with Gasteiger partial charge in [-0.25, -0.2) is 4.79 Å². The molecular formula is C16H31N7O6. The van der Waals surface area contributed by atoms with Gasteiger partial charge in [0.1, 0.15) is 12.1 Å². The van der Waals surface area contributed by atoms with Crippen LogP contribution in [0.2, 0.25) is 0 Å². The maximum Gasteiger partial charge on any atom is 0.326 e. The molecular weight excluding hydrogens is 386 g/mol. The SMILES string of the molecule is CC(C)C(NC(=O)CNC(=O)C(CO)NC(=O)C(N)CCCN=C(N)N)C(=O)O. The summed E-state index contributed by atoms with van der Waals surface area (Å²) in [4.78, 5) is 50.7. The van der Waals surface area contributed by atoms with Crippen LogP contribution in [0.4, 0.5) is 0 Å². The molecule has 11 N–H and O–H groups in total. The van der Waals surface area contributed by atoms with E-state index in [0.29, 0.717) is 6.42 Å². The molecule has 0 aromatic carbocycles. The fraction of sp³-hybridized carbons (Fsp3) is 0.688. The zero-order chi connectivity index (χ0) is 22.6. The molecule has 0 aliphatic carbocycles. The number of nitrogens with zero attached hydrogens (tertiary/aromatic N) is 1. The lowest BCUT2D eigenvalue weighted by molar-refractivity contribution is -0.143. The van der Waals surface area contributed by atoms with E-state index in [4.69, 9.17) is 22.3 Å². The molecule has 13 nitrogen and oxygen atoms in total. The quantitative estimate of drug-likeness (QED) is 0.0831. The Labute approximate surface area is 168 Å². The van der Waals surface area contributed by atoms with Gasteiger partial charge in [-0.05, 0) is 18.8 Å². The van der Waals surface area contributed by atoms with Crippen LogP contribution in [0.3, 0.4) is 0 Å². The van der Waals surface area contributed by atoms with Crippen molar-refractivity contribution >= 4 is 29.7 Å². The maximum atomic E-state index is 12.1. The number of carbonyl (C=O) groups is 4. The van der Waals surface area contributed by atoms with E-state index in [2.05, 4.69) is 20.9 Å². The third-order valence-corrected chi connectivity index (χ3v) is 3.79. The first-order chi connectivity index (χ1) is 13.5. The number of aliphatic imine (C=N–C) groups is 1. The average molecular weight is 417 g/mol. The molecule has 0 fully saturated rings. The summed E-state index contributed by atoms with van der Waals surface area (Å²) in [7, 11) is 0. The van der Waals surface area contributed by atoms with Gasteiger partial charge in [0.25, 0.3) is 0 Å². The molecule has 0 bridgehead atoms. The molecule has 3 unspecified atom stereocenters. The van der Waals surface area contributed by atoms with Crippen molar-refractivity contribution < 1.29 is 29.4 Å². The Kier molecular flexibility index (Phi) is 11.9. The average Bonchev–Trinajstić information content (AvgIpc) is 2.64. The van der Waals surface area contributed by atoms with Crippen molar-refractivity contribution in [3.05, 3.63) is 0 Å². The number of aliphatic hydroxyl groups excluding tert-OH is 1. The van der Waals surface area contributed by atoms with E-state index < -0.39 is 55.0 Å². The van der Waals surface area contributed by atoms with Crippen LogP contribution in [0.5, 0.6) is 0 Å². The second-order valence-electron chi connectivity index (χ2n) is 6.64. The number of hydrogen-bond donors (Lipinski definition) is 8. The highest BCUT2D eigenvalue weighted by Gasteiger charge is 2.25. The van der Waals surface area contributed by atoms with Gasteiger partial charge in [-0.3, -0.25) is 19.4 Å². The van der Waals surface area contributed by atoms with Crippen molar-refractivity contribution in [2.45, 2.75) is 44.8 Å². The minimum Gasteiger partial charge on any atom is -0.480 e. The van der Waals surface area contributed by atoms with Crippen LogP contribution in [-0.2, 0) is 19.2 Å². The van der Waals surface area contributed by atoms with Crippen LogP contribution in [0.25, 0.3) is 0 Å². The monoisotopic (exact) mass is 417 g/mol. The largest absolute Gasteiger partial charge is 0.480 e. The molecule has 0 aliphatic rings. The van der Waals surface area contributed by atoms with Crippen LogP contribution in [0.1, 0.15) is 26.7 Å². The number of carboxylic acids is 1. The van der Waals surface area contributed by atoms with Gasteiger partial charge in [0.2, 0.25) is 17.7 Å². The molecule has 0 aliphatic heterocycles. The van der Waals surface area contributed by atoms with Crippen LogP contribution >= 0.6 is 0 Å². The minimum atomic E-state index is -1.32. The summed E-state index contributed by atoms with van der Waals surface area (Å²) in [6, 6.07) is -3.37. The summed E-state index contributed by atoms with van der Waals surface area (Å²) in [6.07, 6.45) is 0.680. The van der Waals surface area contributed by atoms with Gasteiger partial charge in [0.15, 0.2) is 5.96 Å². The van der Waals surface area contributed by atoms with Crippen molar-refractivity contribution in [3.8, 4) is 0 Å². The van der Waals surface area contributed by atoms with Gasteiger partial charge in [-0.2, -0.15) is 0 Å². The van der Waals surface area contributed by atoms with E-state index in [1.807, 2.05) is 0 Å². The topological polar surface area (TPSA) is 235 Å². The smallest absolute Gasteiger partial charge is 0.326 e. The van der Waals surface area contributed by atoms with Crippen LogP contribution < -0.4 is 33.2 Å². The number of guanidine groups is 1. The van der Waals surface area contributed by atoms with Crippen molar-refractivity contribution in [1.82, 2.24) is 16.0 Å². The highest BCUT2D eigenvalue weighted by atomic mass is 16.4. The molecule has 0 aromatic rings. The van der Waals surface area contributed by atoms with Crippen molar-refractivity contribution in [2.75, 3.05) is 19.7 Å². The number of aliphatic carboxylic acids is 1. The van der Waals surface area contributed by atoms with Crippen molar-refractivity contribution in [2.24, 2.45) is 28.1 Å². The molecule has 0 rings (SSSR count). The summed E-state index contributed by atoms with van der Waals surface area (Å²) in [5.74, 6) is -3.84. The minimum absolute atomic E-state index is 0.0767. The summed E-state index contributed by atoms with van der Waals surface area (Å²) in [6.45, 7) is 2.29. The zero-order valence-electron chi connectivity index (χ0n) is 16.6. The Morgan fingerprint density at radius 1 is 1.07 bits per heavy atom. The predicted molar refractivity (Wildman–Crippen MR) is 104 cm³/mol. The Morgan fingerprint density at radius 2 is 1.69 bits per heavy atom. The van der Waals surface area contributed by atoms with Crippen molar-refractivity contribution in [1.29, 1.82) is 0 Å². The third kappa shape index (κ3) is 10.8. The number of carboxylic acid groups (broad SMARTS) is 1. The van der Waals surface area contributed by atoms with Crippen LogP contribution in [0, 0.1) is 5.92 Å². The fourth-order valence-electron chi connectivity index (χ4n) is 2.15. The number of carbonyl (C=O) groups excluding carboxylic acids is 3. The van der Waals surface area contributed by atoms with Gasteiger partial charge < -0.3 is 43.4 Å². The zero-order valence-corrected chi connectivity index (χ0v) is 16.6. The number of rotatable bonds is 13. The molecule has 0 saturated carbocycles. The van der Waals surface area contributed by atoms with Gasteiger partial charge in [0, 0.05) is 6.54 Å². The summed E-state index contributed by atoms with van der Waals surface area (Å²) in [5, 5.41) is 25.1. The Balaban J connectivity index is 4.50. The first-order valence-electron chi connectivity index (χ1n) is 9.01. The van der Waals surface area contributed by atoms with Gasteiger partial charge in [0.05, 0.1) is 19.2 Å². The standard InChI is InChI=1S/C16H31N7O6/c1-8(2)12(15(28)29)23-11(25)6-21-14(27)10(7-24)22-13(26)9(17)4-3-5-20-16(18)19/h8-10,12,24H,3-7,17H2,1-2H3,(H,21,27)(H,22,26)(H,23,25)(H,28,29)(H4,18,19,20). The van der Waals surface area contributed by atoms with Gasteiger partial charge >= 0.3 is 5.97 Å². The molecule has 13 heteroatoms. The lowest BCUT2D eigenvalue weighted by Gasteiger charge is -2.20. The van der Waals surface area contributed by atoms with E-state index in [1.54, 1.807) is 13.8 Å². The lowest BCUT2D eigenvalue weighted by Crippen LogP contribution is -2.55. The maximum absolute atomic E-state index is 12.1. The molecule has 166 valence electrons. The lowest BCUT2D eigenvalue weighted by atomic mass is 10.1. The first kappa shape index (κ1) is 26.1. The first-order valence-corrected chi connectivity index (χ1v) is 9.01. The van der Waals surface area contributed by atoms with Crippen LogP contribution in [0.15, 0.2) is 4.99 Å². The number of aliphatic hydroxyl groups is 1. The van der Waals surface area contributed by atoms with E-state index in [0.717, 1.165) is 0 Å². The summed E-state index contributed by atoms with van der Waals surface area (Å²) in [5.41, 5.74) is 16.1. The van der Waals surface area contributed by atoms with Gasteiger partial charge in [-0.1, -0.05) is 13.8 Å². The van der Waals surface area contributed by atoms with E-state index in [9.17, 15) is 24.3 Å². The van der Waals surface area contributed by atoms with E-state index >= 15 is 0 Å². The molecule has 0 spiro atoms. The molecule has 0 saturated heterocycles. The fourth-order valence-corrected chi connectivity index (χ4v) is 2.15. The molecule has 29 heavy (non-hydrogen) atoms. The normalized spacial score (nSPS) is 13.7. The predicted octanol–water partition coefficient (Wildman–Crippen LogP) is -3.81. The van der Waals surface area contributed by atoms with Crippen molar-refractivity contribution in [3.63, 3.8) is 0 Å². The Bertz CT molecular complexity index is 607. The third-order valence-electron chi connectivity index (χ3n) is 3.79. The Hall–Kier alpha value is -2.93. The van der Waals surface area contributed by atoms with E-state index in [-0.39, 0.29) is 24.8 Å². The number of nitrogens with two attached hydrogens (primary N) is 3.